The van der Waals surface area contributed by atoms with Gasteiger partial charge < -0.3 is 5.32 Å². The summed E-state index contributed by atoms with van der Waals surface area (Å²) < 4.78 is 3.20. The van der Waals surface area contributed by atoms with Gasteiger partial charge >= 0.3 is 0 Å². The average molecular weight is 503 g/mol. The van der Waals surface area contributed by atoms with Crippen molar-refractivity contribution >= 4 is 40.0 Å². The second-order valence-electron chi connectivity index (χ2n) is 8.24. The van der Waals surface area contributed by atoms with Crippen molar-refractivity contribution in [3.8, 4) is 11.5 Å². The summed E-state index contributed by atoms with van der Waals surface area (Å²) in [6.45, 7) is 5.79. The van der Waals surface area contributed by atoms with Crippen LogP contribution in [0.5, 0.6) is 0 Å². The summed E-state index contributed by atoms with van der Waals surface area (Å²) >= 11 is 6.15. The molecule has 5 rings (SSSR count). The second-order valence-corrected chi connectivity index (χ2v) is 8.65. The Morgan fingerprint density at radius 3 is 2.61 bits per heavy atom. The van der Waals surface area contributed by atoms with Gasteiger partial charge in [0.25, 0.3) is 11.6 Å². The minimum absolute atomic E-state index is 0.0354. The lowest BCUT2D eigenvalue weighted by atomic mass is 10.1. The summed E-state index contributed by atoms with van der Waals surface area (Å²) in [4.78, 5) is 32.4. The summed E-state index contributed by atoms with van der Waals surface area (Å²) in [6, 6.07) is 11.4. The van der Waals surface area contributed by atoms with Crippen LogP contribution in [0.25, 0.3) is 22.5 Å². The van der Waals surface area contributed by atoms with Crippen LogP contribution in [0.15, 0.2) is 55.0 Å². The van der Waals surface area contributed by atoms with Crippen molar-refractivity contribution in [3.63, 3.8) is 0 Å². The molecule has 3 heterocycles. The van der Waals surface area contributed by atoms with Gasteiger partial charge in [-0.25, -0.2) is 14.6 Å². The van der Waals surface area contributed by atoms with Crippen LogP contribution in [0.4, 0.5) is 11.5 Å². The number of nitrogens with one attached hydrogen (secondary N) is 1. The standard InChI is InChI=1S/C24H19ClN8O3/c1-13-4-7-20(14(2)8-13)31-22-18(11-28-31)23(27-12-26-22)32-21(9-15(3)30-32)29-24(34)17-10-16(33(35)36)5-6-19(17)25/h4-12H,1-3H3,(H,29,34). The average Bonchev–Trinajstić information content (AvgIpc) is 3.42. The van der Waals surface area contributed by atoms with Gasteiger partial charge in [-0.1, -0.05) is 29.3 Å². The Hall–Kier alpha value is -4.64. The van der Waals surface area contributed by atoms with Gasteiger partial charge in [0.15, 0.2) is 11.5 Å². The van der Waals surface area contributed by atoms with E-state index >= 15 is 0 Å². The lowest BCUT2D eigenvalue weighted by Gasteiger charge is -2.10. The van der Waals surface area contributed by atoms with Gasteiger partial charge in [-0.3, -0.25) is 14.9 Å². The van der Waals surface area contributed by atoms with Crippen molar-refractivity contribution < 1.29 is 9.72 Å². The van der Waals surface area contributed by atoms with E-state index in [1.54, 1.807) is 23.9 Å². The van der Waals surface area contributed by atoms with E-state index in [1.165, 1.54) is 23.1 Å². The third-order valence-electron chi connectivity index (χ3n) is 5.60. The van der Waals surface area contributed by atoms with Gasteiger partial charge in [-0.15, -0.1) is 0 Å². The van der Waals surface area contributed by atoms with Crippen LogP contribution in [0.1, 0.15) is 27.2 Å². The molecule has 0 saturated carbocycles. The number of anilines is 1. The Morgan fingerprint density at radius 2 is 1.86 bits per heavy atom. The first-order valence-electron chi connectivity index (χ1n) is 10.8. The summed E-state index contributed by atoms with van der Waals surface area (Å²) in [7, 11) is 0. The molecule has 0 saturated heterocycles. The fraction of sp³-hybridized carbons (Fsp3) is 0.125. The molecule has 36 heavy (non-hydrogen) atoms. The van der Waals surface area contributed by atoms with Gasteiger partial charge in [0.1, 0.15) is 12.1 Å². The first kappa shape index (κ1) is 23.1. The minimum atomic E-state index is -0.624. The molecule has 0 unspecified atom stereocenters. The van der Waals surface area contributed by atoms with Crippen LogP contribution in [0, 0.1) is 30.9 Å². The highest BCUT2D eigenvalue weighted by atomic mass is 35.5. The quantitative estimate of drug-likeness (QED) is 0.271. The number of amides is 1. The molecule has 11 nitrogen and oxygen atoms in total. The molecule has 5 aromatic rings. The zero-order valence-electron chi connectivity index (χ0n) is 19.4. The lowest BCUT2D eigenvalue weighted by molar-refractivity contribution is -0.384. The highest BCUT2D eigenvalue weighted by molar-refractivity contribution is 6.34. The van der Waals surface area contributed by atoms with Crippen molar-refractivity contribution in [2.75, 3.05) is 5.32 Å². The molecule has 0 aliphatic rings. The smallest absolute Gasteiger partial charge is 0.270 e. The van der Waals surface area contributed by atoms with E-state index in [0.29, 0.717) is 28.4 Å². The van der Waals surface area contributed by atoms with E-state index in [9.17, 15) is 14.9 Å². The molecule has 0 radical (unpaired) electrons. The topological polar surface area (TPSA) is 134 Å². The van der Waals surface area contributed by atoms with Crippen molar-refractivity contribution in [1.82, 2.24) is 29.5 Å². The third kappa shape index (κ3) is 4.05. The maximum absolute atomic E-state index is 13.0. The summed E-state index contributed by atoms with van der Waals surface area (Å²) in [5, 5.41) is 23.6. The minimum Gasteiger partial charge on any atom is -0.306 e. The molecule has 0 aliphatic heterocycles. The Kier molecular flexibility index (Phi) is 5.69. The van der Waals surface area contributed by atoms with Gasteiger partial charge in [0, 0.05) is 18.2 Å². The van der Waals surface area contributed by atoms with Crippen LogP contribution >= 0.6 is 11.6 Å². The van der Waals surface area contributed by atoms with E-state index in [-0.39, 0.29) is 16.3 Å². The molecule has 12 heteroatoms. The van der Waals surface area contributed by atoms with E-state index in [4.69, 9.17) is 11.6 Å². The van der Waals surface area contributed by atoms with Crippen molar-refractivity contribution in [2.45, 2.75) is 20.8 Å². The number of aryl methyl sites for hydroxylation is 3. The van der Waals surface area contributed by atoms with Crippen LogP contribution in [-0.2, 0) is 0 Å². The van der Waals surface area contributed by atoms with Crippen molar-refractivity contribution in [1.29, 1.82) is 0 Å². The normalized spacial score (nSPS) is 11.1. The Bertz CT molecular complexity index is 1670. The molecule has 0 spiro atoms. The number of carbonyl (C=O) groups excluding carboxylic acids is 1. The van der Waals surface area contributed by atoms with Crippen LogP contribution in [-0.4, -0.2) is 40.4 Å². The number of halogens is 1. The number of hydrogen-bond donors (Lipinski definition) is 1. The molecule has 0 bridgehead atoms. The predicted octanol–water partition coefficient (Wildman–Crippen LogP) is 4.74. The number of hydrogen-bond acceptors (Lipinski definition) is 7. The highest BCUT2D eigenvalue weighted by Crippen LogP contribution is 2.27. The number of nitro benzene ring substituents is 1. The fourth-order valence-corrected chi connectivity index (χ4v) is 4.16. The van der Waals surface area contributed by atoms with E-state index in [2.05, 4.69) is 31.5 Å². The van der Waals surface area contributed by atoms with Crippen molar-refractivity contribution in [3.05, 3.63) is 92.5 Å². The van der Waals surface area contributed by atoms with Gasteiger partial charge in [0.2, 0.25) is 0 Å². The summed E-state index contributed by atoms with van der Waals surface area (Å²) in [5.74, 6) is 0.0880. The lowest BCUT2D eigenvalue weighted by Crippen LogP contribution is -2.16. The number of fused-ring (bicyclic) bond motifs is 1. The van der Waals surface area contributed by atoms with Gasteiger partial charge in [-0.05, 0) is 38.5 Å². The largest absolute Gasteiger partial charge is 0.306 e. The highest BCUT2D eigenvalue weighted by Gasteiger charge is 2.21. The van der Waals surface area contributed by atoms with Crippen molar-refractivity contribution in [2.24, 2.45) is 0 Å². The number of nitro groups is 1. The molecule has 1 N–H and O–H groups in total. The number of aromatic nitrogens is 6. The zero-order valence-corrected chi connectivity index (χ0v) is 20.2. The Morgan fingerprint density at radius 1 is 1.06 bits per heavy atom. The molecular formula is C24H19ClN8O3. The number of carbonyl (C=O) groups is 1. The predicted molar refractivity (Wildman–Crippen MR) is 134 cm³/mol. The van der Waals surface area contributed by atoms with Gasteiger partial charge in [0.05, 0.1) is 38.5 Å². The number of rotatable bonds is 5. The Labute approximate surface area is 209 Å². The molecular weight excluding hydrogens is 484 g/mol. The molecule has 3 aromatic heterocycles. The monoisotopic (exact) mass is 502 g/mol. The van der Waals surface area contributed by atoms with Crippen LogP contribution in [0.2, 0.25) is 5.02 Å². The van der Waals surface area contributed by atoms with Gasteiger partial charge in [-0.2, -0.15) is 14.9 Å². The Balaban J connectivity index is 1.57. The summed E-state index contributed by atoms with van der Waals surface area (Å²) in [5.41, 5.74) is 3.96. The first-order chi connectivity index (χ1) is 17.2. The molecule has 0 fully saturated rings. The fourth-order valence-electron chi connectivity index (χ4n) is 3.95. The van der Waals surface area contributed by atoms with E-state index in [1.807, 2.05) is 26.0 Å². The number of benzene rings is 2. The molecule has 180 valence electrons. The van der Waals surface area contributed by atoms with Crippen LogP contribution < -0.4 is 5.32 Å². The number of non-ortho nitro benzene ring substituents is 1. The molecule has 1 amide bonds. The second kappa shape index (κ2) is 8.86. The number of nitrogens with zero attached hydrogens (tertiary/aromatic N) is 7. The molecule has 0 atom stereocenters. The maximum atomic E-state index is 13.0. The molecule has 2 aromatic carbocycles. The van der Waals surface area contributed by atoms with E-state index in [0.717, 1.165) is 22.9 Å². The third-order valence-corrected chi connectivity index (χ3v) is 5.93. The summed E-state index contributed by atoms with van der Waals surface area (Å²) in [6.07, 6.45) is 3.05. The molecule has 0 aliphatic carbocycles. The first-order valence-corrected chi connectivity index (χ1v) is 11.2. The van der Waals surface area contributed by atoms with Crippen LogP contribution in [0.3, 0.4) is 0 Å². The maximum Gasteiger partial charge on any atom is 0.270 e. The SMILES string of the molecule is Cc1ccc(-n2ncc3c(-n4nc(C)cc4NC(=O)c4cc([N+](=O)[O-])ccc4Cl)ncnc32)c(C)c1. The van der Waals surface area contributed by atoms with E-state index < -0.39 is 10.8 Å². The zero-order chi connectivity index (χ0) is 25.6.